The molecule has 0 spiro atoms. The number of benzene rings is 3. The molecule has 0 saturated carbocycles. The van der Waals surface area contributed by atoms with Gasteiger partial charge in [-0.25, -0.2) is 4.98 Å². The highest BCUT2D eigenvalue weighted by atomic mass is 16.5. The van der Waals surface area contributed by atoms with Gasteiger partial charge >= 0.3 is 0 Å². The van der Waals surface area contributed by atoms with Crippen LogP contribution < -0.4 is 10.1 Å². The molecule has 5 nitrogen and oxygen atoms in total. The normalized spacial score (nSPS) is 11.1. The lowest BCUT2D eigenvalue weighted by Crippen LogP contribution is -2.28. The van der Waals surface area contributed by atoms with Gasteiger partial charge in [0.1, 0.15) is 11.6 Å². The summed E-state index contributed by atoms with van der Waals surface area (Å²) in [6.45, 7) is 8.37. The minimum atomic E-state index is 0.0468. The zero-order valence-electron chi connectivity index (χ0n) is 21.0. The van der Waals surface area contributed by atoms with Crippen molar-refractivity contribution in [3.8, 4) is 5.75 Å². The Kier molecular flexibility index (Phi) is 8.19. The summed E-state index contributed by atoms with van der Waals surface area (Å²) in [5.74, 6) is 2.00. The second-order valence-corrected chi connectivity index (χ2v) is 9.25. The van der Waals surface area contributed by atoms with Crippen LogP contribution in [0.4, 0.5) is 0 Å². The zero-order valence-corrected chi connectivity index (χ0v) is 21.0. The van der Waals surface area contributed by atoms with Gasteiger partial charge in [0.15, 0.2) is 0 Å². The molecule has 0 aliphatic heterocycles. The van der Waals surface area contributed by atoms with Crippen molar-refractivity contribution in [2.75, 3.05) is 13.2 Å². The molecule has 0 radical (unpaired) electrons. The van der Waals surface area contributed by atoms with Crippen LogP contribution in [0.25, 0.3) is 11.0 Å². The van der Waals surface area contributed by atoms with Crippen LogP contribution in [0, 0.1) is 20.8 Å². The van der Waals surface area contributed by atoms with Gasteiger partial charge < -0.3 is 14.6 Å². The van der Waals surface area contributed by atoms with Gasteiger partial charge in [-0.15, -0.1) is 0 Å². The fourth-order valence-electron chi connectivity index (χ4n) is 4.50. The number of para-hydroxylation sites is 2. The maximum Gasteiger partial charge on any atom is 0.224 e. The first-order valence-electron chi connectivity index (χ1n) is 12.5. The molecule has 182 valence electrons. The minimum absolute atomic E-state index is 0.0468. The molecule has 1 aromatic heterocycles. The van der Waals surface area contributed by atoms with Crippen molar-refractivity contribution in [3.05, 3.63) is 94.8 Å². The van der Waals surface area contributed by atoms with Crippen LogP contribution in [-0.4, -0.2) is 28.6 Å². The number of imidazole rings is 1. The Labute approximate surface area is 208 Å². The van der Waals surface area contributed by atoms with Gasteiger partial charge in [-0.05, 0) is 80.1 Å². The van der Waals surface area contributed by atoms with E-state index >= 15 is 0 Å². The van der Waals surface area contributed by atoms with Gasteiger partial charge in [-0.3, -0.25) is 4.79 Å². The lowest BCUT2D eigenvalue weighted by Gasteiger charge is -2.11. The van der Waals surface area contributed by atoms with Crippen molar-refractivity contribution in [3.63, 3.8) is 0 Å². The number of unbranched alkanes of at least 4 members (excludes halogenated alkanes) is 1. The summed E-state index contributed by atoms with van der Waals surface area (Å²) in [6, 6.07) is 22.6. The van der Waals surface area contributed by atoms with E-state index in [0.717, 1.165) is 53.1 Å². The predicted molar refractivity (Wildman–Crippen MR) is 142 cm³/mol. The molecule has 0 atom stereocenters. The number of amides is 1. The molecule has 0 bridgehead atoms. The summed E-state index contributed by atoms with van der Waals surface area (Å²) in [4.78, 5) is 17.3. The van der Waals surface area contributed by atoms with Crippen molar-refractivity contribution < 1.29 is 9.53 Å². The molecule has 35 heavy (non-hydrogen) atoms. The number of carbonyl (C=O) groups is 1. The van der Waals surface area contributed by atoms with E-state index < -0.39 is 0 Å². The predicted octanol–water partition coefficient (Wildman–Crippen LogP) is 5.72. The summed E-state index contributed by atoms with van der Waals surface area (Å²) < 4.78 is 8.27. The van der Waals surface area contributed by atoms with E-state index in [1.807, 2.05) is 37.3 Å². The van der Waals surface area contributed by atoms with E-state index in [-0.39, 0.29) is 5.91 Å². The molecule has 1 heterocycles. The van der Waals surface area contributed by atoms with E-state index in [0.29, 0.717) is 26.0 Å². The van der Waals surface area contributed by atoms with Crippen LogP contribution in [0.1, 0.15) is 40.9 Å². The third-order valence-electron chi connectivity index (χ3n) is 6.26. The Morgan fingerprint density at radius 2 is 1.69 bits per heavy atom. The van der Waals surface area contributed by atoms with Gasteiger partial charge in [-0.1, -0.05) is 42.5 Å². The summed E-state index contributed by atoms with van der Waals surface area (Å²) in [7, 11) is 0. The zero-order chi connectivity index (χ0) is 24.6. The Balaban J connectivity index is 1.31. The van der Waals surface area contributed by atoms with Crippen molar-refractivity contribution in [2.45, 2.75) is 53.0 Å². The van der Waals surface area contributed by atoms with Crippen molar-refractivity contribution in [1.82, 2.24) is 14.9 Å². The lowest BCUT2D eigenvalue weighted by atomic mass is 10.1. The van der Waals surface area contributed by atoms with Gasteiger partial charge in [-0.2, -0.15) is 0 Å². The highest BCUT2D eigenvalue weighted by molar-refractivity contribution is 5.79. The van der Waals surface area contributed by atoms with Gasteiger partial charge in [0, 0.05) is 19.5 Å². The smallest absolute Gasteiger partial charge is 0.224 e. The fraction of sp³-hybridized carbons (Fsp3) is 0.333. The fourth-order valence-corrected chi connectivity index (χ4v) is 4.50. The monoisotopic (exact) mass is 469 g/mol. The Bertz CT molecular complexity index is 1270. The number of aromatic nitrogens is 2. The van der Waals surface area contributed by atoms with Gasteiger partial charge in [0.25, 0.3) is 0 Å². The quantitative estimate of drug-likeness (QED) is 0.286. The van der Waals surface area contributed by atoms with E-state index in [4.69, 9.17) is 9.72 Å². The van der Waals surface area contributed by atoms with Gasteiger partial charge in [0.05, 0.1) is 24.1 Å². The summed E-state index contributed by atoms with van der Waals surface area (Å²) in [5, 5.41) is 3.07. The molecule has 4 rings (SSSR count). The van der Waals surface area contributed by atoms with Crippen LogP contribution in [-0.2, 0) is 24.2 Å². The number of ether oxygens (including phenoxy) is 1. The van der Waals surface area contributed by atoms with Crippen LogP contribution >= 0.6 is 0 Å². The van der Waals surface area contributed by atoms with E-state index in [9.17, 15) is 4.79 Å². The molecule has 0 unspecified atom stereocenters. The summed E-state index contributed by atoms with van der Waals surface area (Å²) in [6.07, 6.45) is 3.07. The molecule has 0 fully saturated rings. The number of hydrogen-bond acceptors (Lipinski definition) is 3. The molecule has 0 saturated heterocycles. The molecule has 1 N–H and O–H groups in total. The Morgan fingerprint density at radius 1 is 0.943 bits per heavy atom. The van der Waals surface area contributed by atoms with E-state index in [1.165, 1.54) is 11.1 Å². The molecule has 5 heteroatoms. The second kappa shape index (κ2) is 11.7. The average Bonchev–Trinajstić information content (AvgIpc) is 3.17. The number of aryl methyl sites for hydroxylation is 4. The molecule has 0 aliphatic carbocycles. The molecular formula is C30H35N3O2. The topological polar surface area (TPSA) is 56.1 Å². The van der Waals surface area contributed by atoms with Crippen molar-refractivity contribution in [1.29, 1.82) is 0 Å². The second-order valence-electron chi connectivity index (χ2n) is 9.25. The number of nitrogens with zero attached hydrogens (tertiary/aromatic N) is 2. The molecule has 1 amide bonds. The average molecular weight is 470 g/mol. The maximum absolute atomic E-state index is 12.5. The van der Waals surface area contributed by atoms with Gasteiger partial charge in [0.2, 0.25) is 5.91 Å². The lowest BCUT2D eigenvalue weighted by molar-refractivity contribution is -0.120. The standard InChI is InChI=1S/C30H35N3O2/c1-22-18-23(2)20-26(19-22)35-17-9-8-16-33-28-13-7-6-12-27(28)32-29(33)14-15-31-30(34)21-25-11-5-4-10-24(25)3/h4-7,10-13,18-20H,8-9,14-17,21H2,1-3H3,(H,31,34). The third kappa shape index (κ3) is 6.72. The van der Waals surface area contributed by atoms with Crippen LogP contribution in [0.5, 0.6) is 5.75 Å². The van der Waals surface area contributed by atoms with Crippen molar-refractivity contribution >= 4 is 16.9 Å². The third-order valence-corrected chi connectivity index (χ3v) is 6.26. The van der Waals surface area contributed by atoms with Crippen LogP contribution in [0.15, 0.2) is 66.7 Å². The minimum Gasteiger partial charge on any atom is -0.494 e. The first-order chi connectivity index (χ1) is 17.0. The highest BCUT2D eigenvalue weighted by Crippen LogP contribution is 2.19. The van der Waals surface area contributed by atoms with Crippen molar-refractivity contribution in [2.24, 2.45) is 0 Å². The number of rotatable bonds is 11. The largest absolute Gasteiger partial charge is 0.494 e. The number of hydrogen-bond donors (Lipinski definition) is 1. The first kappa shape index (κ1) is 24.5. The SMILES string of the molecule is Cc1cc(C)cc(OCCCCn2c(CCNC(=O)Cc3ccccc3C)nc3ccccc32)c1. The molecule has 4 aromatic rings. The highest BCUT2D eigenvalue weighted by Gasteiger charge is 2.11. The molecule has 3 aromatic carbocycles. The summed E-state index contributed by atoms with van der Waals surface area (Å²) >= 11 is 0. The van der Waals surface area contributed by atoms with E-state index in [1.54, 1.807) is 0 Å². The molecular weight excluding hydrogens is 434 g/mol. The first-order valence-corrected chi connectivity index (χ1v) is 12.5. The number of carbonyl (C=O) groups excluding carboxylic acids is 1. The summed E-state index contributed by atoms with van der Waals surface area (Å²) in [5.41, 5.74) is 6.80. The Morgan fingerprint density at radius 3 is 2.49 bits per heavy atom. The maximum atomic E-state index is 12.5. The van der Waals surface area contributed by atoms with Crippen LogP contribution in [0.2, 0.25) is 0 Å². The number of nitrogens with one attached hydrogen (secondary N) is 1. The Hall–Kier alpha value is -3.60. The molecule has 0 aliphatic rings. The number of fused-ring (bicyclic) bond motifs is 1. The van der Waals surface area contributed by atoms with E-state index in [2.05, 4.69) is 60.1 Å². The van der Waals surface area contributed by atoms with Crippen LogP contribution in [0.3, 0.4) is 0 Å².